The van der Waals surface area contributed by atoms with Crippen LogP contribution in [0.3, 0.4) is 0 Å². The van der Waals surface area contributed by atoms with E-state index in [9.17, 15) is 28.4 Å². The molecule has 276 valence electrons. The Labute approximate surface area is 279 Å². The molecule has 14 nitrogen and oxygen atoms in total. The van der Waals surface area contributed by atoms with Crippen molar-refractivity contribution in [3.05, 3.63) is 0 Å². The lowest BCUT2D eigenvalue weighted by Gasteiger charge is -2.28. The van der Waals surface area contributed by atoms with E-state index in [1.165, 1.54) is 0 Å². The molecule has 0 bridgehead atoms. The van der Waals surface area contributed by atoms with Crippen molar-refractivity contribution in [1.82, 2.24) is 0 Å². The van der Waals surface area contributed by atoms with Gasteiger partial charge in [-0.2, -0.15) is 0 Å². The highest BCUT2D eigenvalue weighted by atomic mass is 31.2. The Hall–Kier alpha value is 0.250. The van der Waals surface area contributed by atoms with Crippen molar-refractivity contribution < 1.29 is 65.6 Å². The summed E-state index contributed by atoms with van der Waals surface area (Å²) >= 11 is 0. The van der Waals surface area contributed by atoms with Crippen LogP contribution in [0.15, 0.2) is 0 Å². The number of ether oxygens (including phenoxy) is 5. The van der Waals surface area contributed by atoms with Crippen molar-refractivity contribution in [1.29, 1.82) is 0 Å². The minimum atomic E-state index is -4.41. The molecule has 47 heavy (non-hydrogen) atoms. The molecule has 4 aliphatic rings. The standard InChI is InChI=1S/C30H57O14P3/c1-17(2)9-23-25(11-20(6)38-23)42-46(33,34)15-29-27(13-22(8)40-29)44-47(35,36)16-30-26(12-21(7)41-30)43-45(31,32)14-28-24(37-18(3)4)10-19(5)39-28/h17-30H,9-16H2,1-8H3,(H,31,32)(H,33,34)(H,35,36)/t19-,20-,21-,22-,23+,24?,25?,26?,27?,28+,29+,30+/m0/s1. The van der Waals surface area contributed by atoms with Gasteiger partial charge >= 0.3 is 22.8 Å². The van der Waals surface area contributed by atoms with Gasteiger partial charge in [-0.05, 0) is 53.9 Å². The van der Waals surface area contributed by atoms with E-state index in [4.69, 9.17) is 37.3 Å². The van der Waals surface area contributed by atoms with Crippen LogP contribution in [0.25, 0.3) is 0 Å². The molecule has 4 fully saturated rings. The van der Waals surface area contributed by atoms with Crippen molar-refractivity contribution in [3.8, 4) is 0 Å². The third-order valence-corrected chi connectivity index (χ3v) is 13.1. The van der Waals surface area contributed by atoms with E-state index in [-0.39, 0.29) is 49.5 Å². The van der Waals surface area contributed by atoms with Gasteiger partial charge in [0.05, 0.1) is 97.8 Å². The first-order chi connectivity index (χ1) is 21.7. The van der Waals surface area contributed by atoms with Crippen LogP contribution in [-0.4, -0.2) is 113 Å². The molecule has 15 atom stereocenters. The molecule has 4 aliphatic heterocycles. The lowest BCUT2D eigenvalue weighted by Crippen LogP contribution is -2.33. The summed E-state index contributed by atoms with van der Waals surface area (Å²) < 4.78 is 86.6. The summed E-state index contributed by atoms with van der Waals surface area (Å²) in [6, 6.07) is 0. The lowest BCUT2D eigenvalue weighted by atomic mass is 10.0. The predicted octanol–water partition coefficient (Wildman–Crippen LogP) is 5.25. The summed E-state index contributed by atoms with van der Waals surface area (Å²) in [5.41, 5.74) is 0. The summed E-state index contributed by atoms with van der Waals surface area (Å²) in [5, 5.41) is 0. The Bertz CT molecular complexity index is 1090. The molecule has 4 rings (SSSR count). The topological polar surface area (TPSA) is 186 Å². The van der Waals surface area contributed by atoms with Crippen LogP contribution in [0, 0.1) is 5.92 Å². The molecule has 0 amide bonds. The van der Waals surface area contributed by atoms with Crippen LogP contribution < -0.4 is 0 Å². The lowest BCUT2D eigenvalue weighted by molar-refractivity contribution is -0.0372. The molecule has 0 aromatic rings. The van der Waals surface area contributed by atoms with Crippen LogP contribution in [0.5, 0.6) is 0 Å². The second-order valence-electron chi connectivity index (χ2n) is 14.6. The first-order valence-corrected chi connectivity index (χ1v) is 22.3. The molecule has 17 heteroatoms. The zero-order valence-corrected chi connectivity index (χ0v) is 31.6. The van der Waals surface area contributed by atoms with Crippen molar-refractivity contribution in [2.24, 2.45) is 5.92 Å². The third-order valence-electron chi connectivity index (χ3n) is 8.83. The maximum Gasteiger partial charge on any atom is 0.331 e. The van der Waals surface area contributed by atoms with E-state index in [2.05, 4.69) is 0 Å². The molecule has 0 radical (unpaired) electrons. The van der Waals surface area contributed by atoms with Gasteiger partial charge in [-0.25, -0.2) is 0 Å². The summed E-state index contributed by atoms with van der Waals surface area (Å²) in [6.45, 7) is 15.1. The van der Waals surface area contributed by atoms with Gasteiger partial charge in [0.2, 0.25) is 0 Å². The van der Waals surface area contributed by atoms with Gasteiger partial charge in [0.1, 0.15) is 0 Å². The summed E-state index contributed by atoms with van der Waals surface area (Å²) in [6.07, 6.45) is -5.80. The Morgan fingerprint density at radius 2 is 0.851 bits per heavy atom. The molecular weight excluding hydrogens is 677 g/mol. The molecule has 0 aromatic heterocycles. The SMILES string of the molecule is CC(C)C[C@H]1O[C@@H](C)CC1OP(=O)(O)C[C@H]1O[C@@H](C)CC1OP(=O)(O)C[C@H]1O[C@@H](C)CC1OP(=O)(O)C[C@H]1O[C@@H](C)CC1OC(C)C. The van der Waals surface area contributed by atoms with E-state index in [1.54, 1.807) is 13.8 Å². The minimum absolute atomic E-state index is 0.0833. The van der Waals surface area contributed by atoms with E-state index < -0.39 is 83.9 Å². The molecule has 0 aromatic carbocycles. The fourth-order valence-electron chi connectivity index (χ4n) is 7.11. The monoisotopic (exact) mass is 734 g/mol. The highest BCUT2D eigenvalue weighted by Gasteiger charge is 2.48. The molecule has 0 saturated carbocycles. The van der Waals surface area contributed by atoms with Gasteiger partial charge in [0.25, 0.3) is 0 Å². The second kappa shape index (κ2) is 16.3. The summed E-state index contributed by atoms with van der Waals surface area (Å²) in [7, 11) is -12.8. The van der Waals surface area contributed by atoms with E-state index in [1.807, 2.05) is 41.5 Å². The maximum absolute atomic E-state index is 13.5. The van der Waals surface area contributed by atoms with E-state index in [0.717, 1.165) is 0 Å². The van der Waals surface area contributed by atoms with Crippen LogP contribution in [-0.2, 0) is 51.0 Å². The summed E-state index contributed by atoms with van der Waals surface area (Å²) in [5.74, 6) is 0.313. The molecule has 7 unspecified atom stereocenters. The average molecular weight is 735 g/mol. The number of hydrogen-bond acceptors (Lipinski definition) is 11. The van der Waals surface area contributed by atoms with Crippen LogP contribution in [0.1, 0.15) is 87.5 Å². The number of rotatable bonds is 16. The zero-order chi connectivity index (χ0) is 34.9. The van der Waals surface area contributed by atoms with Gasteiger partial charge in [-0.3, -0.25) is 13.7 Å². The minimum Gasteiger partial charge on any atom is -0.373 e. The maximum atomic E-state index is 13.5. The van der Waals surface area contributed by atoms with Crippen molar-refractivity contribution in [2.75, 3.05) is 18.5 Å². The molecule has 4 heterocycles. The number of hydrogen-bond donors (Lipinski definition) is 3. The van der Waals surface area contributed by atoms with Gasteiger partial charge in [-0.1, -0.05) is 13.8 Å². The van der Waals surface area contributed by atoms with Crippen LogP contribution in [0.4, 0.5) is 0 Å². The zero-order valence-electron chi connectivity index (χ0n) is 28.9. The van der Waals surface area contributed by atoms with Gasteiger partial charge in [-0.15, -0.1) is 0 Å². The van der Waals surface area contributed by atoms with E-state index in [0.29, 0.717) is 25.2 Å². The third kappa shape index (κ3) is 12.2. The van der Waals surface area contributed by atoms with Gasteiger partial charge in [0, 0.05) is 25.7 Å². The molecule has 0 aliphatic carbocycles. The van der Waals surface area contributed by atoms with Crippen molar-refractivity contribution in [2.45, 2.75) is 167 Å². The highest BCUT2D eigenvalue weighted by molar-refractivity contribution is 7.53. The first kappa shape index (κ1) is 40.0. The molecular formula is C30H57O14P3. The van der Waals surface area contributed by atoms with Crippen molar-refractivity contribution in [3.63, 3.8) is 0 Å². The molecule has 3 N–H and O–H groups in total. The summed E-state index contributed by atoms with van der Waals surface area (Å²) in [4.78, 5) is 32.7. The Morgan fingerprint density at radius 3 is 1.19 bits per heavy atom. The van der Waals surface area contributed by atoms with Crippen molar-refractivity contribution >= 4 is 22.8 Å². The van der Waals surface area contributed by atoms with Crippen LogP contribution >= 0.6 is 22.8 Å². The quantitative estimate of drug-likeness (QED) is 0.175. The van der Waals surface area contributed by atoms with E-state index >= 15 is 0 Å². The van der Waals surface area contributed by atoms with Gasteiger partial charge < -0.3 is 51.9 Å². The smallest absolute Gasteiger partial charge is 0.331 e. The normalized spacial score (nSPS) is 41.8. The van der Waals surface area contributed by atoms with Crippen LogP contribution in [0.2, 0.25) is 0 Å². The van der Waals surface area contributed by atoms with Gasteiger partial charge in [0.15, 0.2) is 0 Å². The fraction of sp³-hybridized carbons (Fsp3) is 1.00. The predicted molar refractivity (Wildman–Crippen MR) is 174 cm³/mol. The second-order valence-corrected chi connectivity index (χ2v) is 20.2. The Morgan fingerprint density at radius 1 is 0.553 bits per heavy atom. The molecule has 0 spiro atoms. The first-order valence-electron chi connectivity index (χ1n) is 17.0. The Balaban J connectivity index is 1.35. The average Bonchev–Trinajstić information content (AvgIpc) is 3.59. The molecule has 4 saturated heterocycles. The Kier molecular flexibility index (Phi) is 13.9. The highest BCUT2D eigenvalue weighted by Crippen LogP contribution is 2.54. The fourth-order valence-corrected chi connectivity index (χ4v) is 11.6. The largest absolute Gasteiger partial charge is 0.373 e.